The number of hydrogen-bond acceptors (Lipinski definition) is 2. The number of benzene rings is 1. The van der Waals surface area contributed by atoms with Crippen LogP contribution in [0.25, 0.3) is 0 Å². The number of fused-ring (bicyclic) bond motifs is 1. The summed E-state index contributed by atoms with van der Waals surface area (Å²) in [5.41, 5.74) is 10.1. The maximum absolute atomic E-state index is 12.2. The monoisotopic (exact) mass is 230 g/mol. The Bertz CT molecular complexity index is 489. The van der Waals surface area contributed by atoms with Gasteiger partial charge >= 0.3 is 0 Å². The number of nitrogens with zero attached hydrogens (tertiary/aromatic N) is 1. The average molecular weight is 230 g/mol. The van der Waals surface area contributed by atoms with Crippen molar-refractivity contribution >= 4 is 11.6 Å². The molecular weight excluding hydrogens is 212 g/mol. The molecule has 0 spiro atoms. The molecule has 1 heterocycles. The van der Waals surface area contributed by atoms with Crippen LogP contribution in [0.5, 0.6) is 0 Å². The Kier molecular flexibility index (Phi) is 2.18. The van der Waals surface area contributed by atoms with Gasteiger partial charge in [-0.2, -0.15) is 0 Å². The lowest BCUT2D eigenvalue weighted by Gasteiger charge is -2.19. The van der Waals surface area contributed by atoms with Crippen LogP contribution in [0.3, 0.4) is 0 Å². The van der Waals surface area contributed by atoms with Gasteiger partial charge < -0.3 is 10.6 Å². The SMILES string of the molecule is CC(C)N1Cc2cc(N)c(C3CC3)cc2C1=O. The summed E-state index contributed by atoms with van der Waals surface area (Å²) in [6.45, 7) is 4.81. The van der Waals surface area contributed by atoms with Crippen LogP contribution < -0.4 is 5.73 Å². The van der Waals surface area contributed by atoms with Gasteiger partial charge in [0.25, 0.3) is 5.91 Å². The van der Waals surface area contributed by atoms with Gasteiger partial charge in [-0.15, -0.1) is 0 Å². The molecule has 90 valence electrons. The average Bonchev–Trinajstić information content (AvgIpc) is 3.04. The fourth-order valence-corrected chi connectivity index (χ4v) is 2.59. The van der Waals surface area contributed by atoms with E-state index in [0.717, 1.165) is 16.8 Å². The van der Waals surface area contributed by atoms with Crippen LogP contribution in [0.15, 0.2) is 12.1 Å². The minimum absolute atomic E-state index is 0.164. The Morgan fingerprint density at radius 2 is 2.06 bits per heavy atom. The number of anilines is 1. The molecule has 2 N–H and O–H groups in total. The van der Waals surface area contributed by atoms with Gasteiger partial charge in [0.15, 0.2) is 0 Å². The first kappa shape index (κ1) is 10.6. The van der Waals surface area contributed by atoms with Gasteiger partial charge in [-0.1, -0.05) is 0 Å². The van der Waals surface area contributed by atoms with Crippen molar-refractivity contribution in [2.45, 2.75) is 45.2 Å². The first-order valence-electron chi connectivity index (χ1n) is 6.31. The fourth-order valence-electron chi connectivity index (χ4n) is 2.59. The molecule has 1 amide bonds. The van der Waals surface area contributed by atoms with Crippen LogP contribution in [-0.4, -0.2) is 16.8 Å². The Morgan fingerprint density at radius 1 is 1.35 bits per heavy atom. The lowest BCUT2D eigenvalue weighted by Crippen LogP contribution is -2.30. The van der Waals surface area contributed by atoms with Crippen LogP contribution in [0.4, 0.5) is 5.69 Å². The van der Waals surface area contributed by atoms with E-state index in [1.54, 1.807) is 0 Å². The number of rotatable bonds is 2. The number of amides is 1. The summed E-state index contributed by atoms with van der Waals surface area (Å²) in [4.78, 5) is 14.1. The van der Waals surface area contributed by atoms with Crippen molar-refractivity contribution in [1.29, 1.82) is 0 Å². The number of carbonyl (C=O) groups excluding carboxylic acids is 1. The Balaban J connectivity index is 2.03. The first-order chi connectivity index (χ1) is 8.08. The van der Waals surface area contributed by atoms with Crippen molar-refractivity contribution in [2.24, 2.45) is 0 Å². The molecule has 1 saturated carbocycles. The van der Waals surface area contributed by atoms with Crippen LogP contribution in [-0.2, 0) is 6.54 Å². The molecule has 1 fully saturated rings. The summed E-state index contributed by atoms with van der Waals surface area (Å²) in [6, 6.07) is 4.29. The molecule has 3 heteroatoms. The normalized spacial score (nSPS) is 19.0. The molecule has 0 bridgehead atoms. The molecule has 1 aliphatic heterocycles. The van der Waals surface area contributed by atoms with Crippen LogP contribution in [0, 0.1) is 0 Å². The smallest absolute Gasteiger partial charge is 0.254 e. The summed E-state index contributed by atoms with van der Waals surface area (Å²) in [5, 5.41) is 0. The number of nitrogens with two attached hydrogens (primary N) is 1. The standard InChI is InChI=1S/C14H18N2O/c1-8(2)16-7-10-5-13(15)11(9-3-4-9)6-12(10)14(16)17/h5-6,8-9H,3-4,7,15H2,1-2H3. The van der Waals surface area contributed by atoms with E-state index in [4.69, 9.17) is 5.73 Å². The molecule has 0 unspecified atom stereocenters. The van der Waals surface area contributed by atoms with Crippen LogP contribution in [0.1, 0.15) is 54.1 Å². The van der Waals surface area contributed by atoms with Crippen molar-refractivity contribution in [3.8, 4) is 0 Å². The predicted molar refractivity (Wildman–Crippen MR) is 67.8 cm³/mol. The van der Waals surface area contributed by atoms with Crippen molar-refractivity contribution in [3.05, 3.63) is 28.8 Å². The number of hydrogen-bond donors (Lipinski definition) is 1. The lowest BCUT2D eigenvalue weighted by atomic mass is 10.0. The van der Waals surface area contributed by atoms with Crippen molar-refractivity contribution in [1.82, 2.24) is 4.90 Å². The van der Waals surface area contributed by atoms with Gasteiger partial charge in [-0.3, -0.25) is 4.79 Å². The molecular formula is C14H18N2O. The third kappa shape index (κ3) is 1.61. The quantitative estimate of drug-likeness (QED) is 0.793. The predicted octanol–water partition coefficient (Wildman–Crippen LogP) is 2.51. The topological polar surface area (TPSA) is 46.3 Å². The van der Waals surface area contributed by atoms with Crippen molar-refractivity contribution < 1.29 is 4.79 Å². The van der Waals surface area contributed by atoms with Gasteiger partial charge in [0.2, 0.25) is 0 Å². The van der Waals surface area contributed by atoms with E-state index in [9.17, 15) is 4.79 Å². The maximum atomic E-state index is 12.2. The fraction of sp³-hybridized carbons (Fsp3) is 0.500. The molecule has 0 radical (unpaired) electrons. The highest BCUT2D eigenvalue weighted by atomic mass is 16.2. The molecule has 0 atom stereocenters. The second-order valence-corrected chi connectivity index (χ2v) is 5.44. The van der Waals surface area contributed by atoms with E-state index in [0.29, 0.717) is 12.5 Å². The zero-order valence-electron chi connectivity index (χ0n) is 10.4. The molecule has 0 aromatic heterocycles. The number of nitrogen functional groups attached to an aromatic ring is 1. The van der Waals surface area contributed by atoms with Gasteiger partial charge in [0.05, 0.1) is 0 Å². The second-order valence-electron chi connectivity index (χ2n) is 5.44. The van der Waals surface area contributed by atoms with Gasteiger partial charge in [-0.05, 0) is 55.9 Å². The Morgan fingerprint density at radius 3 is 2.65 bits per heavy atom. The van der Waals surface area contributed by atoms with Crippen LogP contribution >= 0.6 is 0 Å². The third-order valence-corrected chi connectivity index (χ3v) is 3.78. The minimum Gasteiger partial charge on any atom is -0.398 e. The minimum atomic E-state index is 0.164. The van der Waals surface area contributed by atoms with E-state index in [-0.39, 0.29) is 11.9 Å². The summed E-state index contributed by atoms with van der Waals surface area (Å²) >= 11 is 0. The first-order valence-corrected chi connectivity index (χ1v) is 6.31. The maximum Gasteiger partial charge on any atom is 0.254 e. The van der Waals surface area contributed by atoms with E-state index in [1.165, 1.54) is 18.4 Å². The van der Waals surface area contributed by atoms with Gasteiger partial charge in [0, 0.05) is 23.8 Å². The molecule has 2 aliphatic rings. The molecule has 1 aromatic rings. The highest BCUT2D eigenvalue weighted by Gasteiger charge is 2.33. The number of carbonyl (C=O) groups is 1. The second kappa shape index (κ2) is 3.49. The Hall–Kier alpha value is -1.51. The summed E-state index contributed by atoms with van der Waals surface area (Å²) < 4.78 is 0. The van der Waals surface area contributed by atoms with E-state index < -0.39 is 0 Å². The molecule has 1 aliphatic carbocycles. The van der Waals surface area contributed by atoms with E-state index >= 15 is 0 Å². The van der Waals surface area contributed by atoms with Crippen LogP contribution in [0.2, 0.25) is 0 Å². The summed E-state index contributed by atoms with van der Waals surface area (Å²) in [6.07, 6.45) is 2.43. The molecule has 1 aromatic carbocycles. The largest absolute Gasteiger partial charge is 0.398 e. The highest BCUT2D eigenvalue weighted by molar-refractivity contribution is 5.99. The van der Waals surface area contributed by atoms with Gasteiger partial charge in [0.1, 0.15) is 0 Å². The molecule has 3 nitrogen and oxygen atoms in total. The van der Waals surface area contributed by atoms with Crippen molar-refractivity contribution in [3.63, 3.8) is 0 Å². The Labute approximate surface area is 102 Å². The molecule has 0 saturated heterocycles. The van der Waals surface area contributed by atoms with E-state index in [1.807, 2.05) is 17.0 Å². The lowest BCUT2D eigenvalue weighted by molar-refractivity contribution is 0.0730. The highest BCUT2D eigenvalue weighted by Crippen LogP contribution is 2.44. The zero-order valence-corrected chi connectivity index (χ0v) is 10.4. The zero-order chi connectivity index (χ0) is 12.2. The van der Waals surface area contributed by atoms with Gasteiger partial charge in [-0.25, -0.2) is 0 Å². The molecule has 3 rings (SSSR count). The third-order valence-electron chi connectivity index (χ3n) is 3.78. The summed E-state index contributed by atoms with van der Waals surface area (Å²) in [5.74, 6) is 0.762. The van der Waals surface area contributed by atoms with Crippen molar-refractivity contribution in [2.75, 3.05) is 5.73 Å². The van der Waals surface area contributed by atoms with E-state index in [2.05, 4.69) is 13.8 Å². The summed E-state index contributed by atoms with van der Waals surface area (Å²) in [7, 11) is 0. The molecule has 17 heavy (non-hydrogen) atoms.